The van der Waals surface area contributed by atoms with Crippen molar-refractivity contribution in [2.75, 3.05) is 5.32 Å². The van der Waals surface area contributed by atoms with E-state index in [0.29, 0.717) is 11.6 Å². The van der Waals surface area contributed by atoms with Gasteiger partial charge in [-0.05, 0) is 80.7 Å². The molecule has 0 aliphatic heterocycles. The average molecular weight is 468 g/mol. The molecule has 0 spiro atoms. The lowest BCUT2D eigenvalue weighted by Crippen LogP contribution is -2.20. The average Bonchev–Trinajstić information content (AvgIpc) is 3.41. The molecule has 180 valence electrons. The fourth-order valence-corrected chi connectivity index (χ4v) is 5.50. The van der Waals surface area contributed by atoms with E-state index in [4.69, 9.17) is 4.98 Å². The number of allylic oxidation sites excluding steroid dienone is 5. The van der Waals surface area contributed by atoms with E-state index >= 15 is 0 Å². The van der Waals surface area contributed by atoms with Crippen molar-refractivity contribution in [2.24, 2.45) is 0 Å². The molecular weight excluding hydrogens is 434 g/mol. The van der Waals surface area contributed by atoms with Crippen LogP contribution in [-0.2, 0) is 6.42 Å². The predicted molar refractivity (Wildman–Crippen MR) is 141 cm³/mol. The number of hydrogen-bond acceptors (Lipinski definition) is 5. The molecule has 3 aliphatic rings. The van der Waals surface area contributed by atoms with Crippen LogP contribution in [0, 0.1) is 0 Å². The van der Waals surface area contributed by atoms with Crippen LogP contribution in [0.25, 0.3) is 11.1 Å². The van der Waals surface area contributed by atoms with Gasteiger partial charge in [0.05, 0.1) is 23.0 Å². The van der Waals surface area contributed by atoms with Crippen molar-refractivity contribution in [1.82, 2.24) is 19.6 Å². The number of fused-ring (bicyclic) bond motifs is 2. The maximum atomic E-state index is 13.1. The fourth-order valence-electron chi connectivity index (χ4n) is 5.50. The van der Waals surface area contributed by atoms with Gasteiger partial charge in [0.25, 0.3) is 0 Å². The zero-order valence-electron chi connectivity index (χ0n) is 20.0. The van der Waals surface area contributed by atoms with Gasteiger partial charge < -0.3 is 5.32 Å². The van der Waals surface area contributed by atoms with E-state index in [1.54, 1.807) is 10.7 Å². The SMILES string of the molecule is O=C(C=C1CCCCC1)c1cnn2ccc(C3=CCc4nc(NC5CCC=CCC5)ncc43)cc12.[HH]. The number of nitrogens with zero attached hydrogens (tertiary/aromatic N) is 4. The Morgan fingerprint density at radius 1 is 1.11 bits per heavy atom. The van der Waals surface area contributed by atoms with Crippen LogP contribution in [-0.4, -0.2) is 31.4 Å². The number of ketones is 1. The molecule has 0 amide bonds. The highest BCUT2D eigenvalue weighted by atomic mass is 16.1. The minimum atomic E-state index is 0. The molecule has 6 nitrogen and oxygen atoms in total. The molecule has 6 heteroatoms. The van der Waals surface area contributed by atoms with Gasteiger partial charge in [0, 0.05) is 31.8 Å². The van der Waals surface area contributed by atoms with Crippen molar-refractivity contribution in [1.29, 1.82) is 0 Å². The van der Waals surface area contributed by atoms with Crippen LogP contribution in [0.2, 0.25) is 0 Å². The van der Waals surface area contributed by atoms with E-state index in [1.165, 1.54) is 24.8 Å². The summed E-state index contributed by atoms with van der Waals surface area (Å²) in [6.07, 6.45) is 25.1. The second-order valence-electron chi connectivity index (χ2n) is 9.87. The van der Waals surface area contributed by atoms with E-state index in [9.17, 15) is 4.79 Å². The normalized spacial score (nSPS) is 18.3. The first kappa shape index (κ1) is 22.0. The molecule has 0 atom stereocenters. The van der Waals surface area contributed by atoms with Gasteiger partial charge in [0.1, 0.15) is 0 Å². The number of carbonyl (C=O) groups is 1. The number of pyridine rings is 1. The van der Waals surface area contributed by atoms with E-state index in [0.717, 1.165) is 78.8 Å². The summed E-state index contributed by atoms with van der Waals surface area (Å²) in [5.41, 5.74) is 7.09. The molecular formula is C29H33N5O. The first-order valence-corrected chi connectivity index (χ1v) is 12.9. The lowest BCUT2D eigenvalue weighted by molar-refractivity contribution is 0.104. The van der Waals surface area contributed by atoms with Crippen LogP contribution in [0.15, 0.2) is 60.6 Å². The summed E-state index contributed by atoms with van der Waals surface area (Å²) in [7, 11) is 0. The molecule has 0 saturated heterocycles. The predicted octanol–water partition coefficient (Wildman–Crippen LogP) is 6.34. The molecule has 35 heavy (non-hydrogen) atoms. The summed E-state index contributed by atoms with van der Waals surface area (Å²) < 4.78 is 1.79. The maximum Gasteiger partial charge on any atom is 0.223 e. The van der Waals surface area contributed by atoms with Crippen molar-refractivity contribution in [3.05, 3.63) is 83.0 Å². The molecule has 3 aromatic rings. The highest BCUT2D eigenvalue weighted by Crippen LogP contribution is 2.33. The summed E-state index contributed by atoms with van der Waals surface area (Å²) >= 11 is 0. The van der Waals surface area contributed by atoms with E-state index in [2.05, 4.69) is 45.8 Å². The van der Waals surface area contributed by atoms with Crippen LogP contribution in [0.3, 0.4) is 0 Å². The van der Waals surface area contributed by atoms with Gasteiger partial charge in [-0.1, -0.05) is 30.2 Å². The van der Waals surface area contributed by atoms with Gasteiger partial charge in [-0.25, -0.2) is 14.5 Å². The molecule has 6 rings (SSSR count). The van der Waals surface area contributed by atoms with Crippen molar-refractivity contribution in [2.45, 2.75) is 70.3 Å². The first-order valence-electron chi connectivity index (χ1n) is 12.9. The van der Waals surface area contributed by atoms with Crippen LogP contribution >= 0.6 is 0 Å². The lowest BCUT2D eigenvalue weighted by Gasteiger charge is -2.16. The van der Waals surface area contributed by atoms with Gasteiger partial charge in [0.15, 0.2) is 5.78 Å². The number of hydrogen-bond donors (Lipinski definition) is 1. The largest absolute Gasteiger partial charge is 0.351 e. The quantitative estimate of drug-likeness (QED) is 0.269. The minimum Gasteiger partial charge on any atom is -0.351 e. The first-order chi connectivity index (χ1) is 17.2. The molecule has 0 bridgehead atoms. The van der Waals surface area contributed by atoms with Crippen LogP contribution in [0.5, 0.6) is 0 Å². The summed E-state index contributed by atoms with van der Waals surface area (Å²) in [6, 6.07) is 4.55. The monoisotopic (exact) mass is 467 g/mol. The Morgan fingerprint density at radius 2 is 1.94 bits per heavy atom. The van der Waals surface area contributed by atoms with Crippen molar-refractivity contribution < 1.29 is 6.22 Å². The van der Waals surface area contributed by atoms with E-state index in [1.807, 2.05) is 18.5 Å². The highest BCUT2D eigenvalue weighted by molar-refractivity contribution is 6.09. The van der Waals surface area contributed by atoms with Gasteiger partial charge in [-0.2, -0.15) is 5.10 Å². The molecule has 3 aliphatic carbocycles. The standard InChI is InChI=1S/C29H31N5O.H2/c35-28(16-20-8-4-3-5-9-20)25-19-31-34-15-14-21(17-27(25)34)23-12-13-26-24(23)18-30-29(33-26)32-22-10-6-1-2-7-11-22;/h1-2,12,14-19,22H,3-11,13H2,(H,30,32,33);1H. The third-order valence-electron chi connectivity index (χ3n) is 7.45. The fraction of sp³-hybridized carbons (Fsp3) is 0.379. The van der Waals surface area contributed by atoms with E-state index in [-0.39, 0.29) is 7.21 Å². The topological polar surface area (TPSA) is 72.2 Å². The Morgan fingerprint density at radius 3 is 2.77 bits per heavy atom. The lowest BCUT2D eigenvalue weighted by atomic mass is 9.93. The molecule has 1 saturated carbocycles. The zero-order valence-corrected chi connectivity index (χ0v) is 20.0. The summed E-state index contributed by atoms with van der Waals surface area (Å²) in [5, 5.41) is 7.97. The third-order valence-corrected chi connectivity index (χ3v) is 7.45. The third kappa shape index (κ3) is 4.57. The highest BCUT2D eigenvalue weighted by Gasteiger charge is 2.21. The van der Waals surface area contributed by atoms with Crippen molar-refractivity contribution in [3.8, 4) is 0 Å². The minimum absolute atomic E-state index is 0. The Bertz CT molecular complexity index is 1350. The summed E-state index contributed by atoms with van der Waals surface area (Å²) in [5.74, 6) is 0.780. The Hall–Kier alpha value is -3.54. The molecule has 1 fully saturated rings. The Balaban J connectivity index is 0.00000267. The second kappa shape index (κ2) is 9.61. The van der Waals surface area contributed by atoms with Crippen LogP contribution in [0.1, 0.15) is 86.4 Å². The van der Waals surface area contributed by atoms with Crippen LogP contribution < -0.4 is 5.32 Å². The Kier molecular flexibility index (Phi) is 6.03. The van der Waals surface area contributed by atoms with Gasteiger partial charge in [0.2, 0.25) is 5.95 Å². The smallest absolute Gasteiger partial charge is 0.223 e. The van der Waals surface area contributed by atoms with Crippen molar-refractivity contribution in [3.63, 3.8) is 0 Å². The van der Waals surface area contributed by atoms with Gasteiger partial charge in [-0.15, -0.1) is 0 Å². The zero-order chi connectivity index (χ0) is 23.6. The number of anilines is 1. The van der Waals surface area contributed by atoms with E-state index < -0.39 is 0 Å². The second-order valence-corrected chi connectivity index (χ2v) is 9.87. The molecule has 1 N–H and O–H groups in total. The molecule has 3 heterocycles. The van der Waals surface area contributed by atoms with Crippen molar-refractivity contribution >= 4 is 22.8 Å². The summed E-state index contributed by atoms with van der Waals surface area (Å²) in [6.45, 7) is 0. The molecule has 0 aromatic carbocycles. The maximum absolute atomic E-state index is 13.1. The molecule has 0 unspecified atom stereocenters. The summed E-state index contributed by atoms with van der Waals surface area (Å²) in [4.78, 5) is 22.6. The van der Waals surface area contributed by atoms with Crippen LogP contribution in [0.4, 0.5) is 5.95 Å². The number of aromatic nitrogens is 4. The molecule has 0 radical (unpaired) electrons. The number of carbonyl (C=O) groups excluding carboxylic acids is 1. The Labute approximate surface area is 207 Å². The van der Waals surface area contributed by atoms with Gasteiger partial charge >= 0.3 is 0 Å². The number of rotatable bonds is 5. The number of nitrogens with one attached hydrogen (secondary N) is 1. The van der Waals surface area contributed by atoms with Gasteiger partial charge in [-0.3, -0.25) is 4.79 Å². The molecule has 3 aromatic heterocycles.